The lowest BCUT2D eigenvalue weighted by molar-refractivity contribution is -0.137. The molecule has 51 heavy (non-hydrogen) atoms. The first-order valence-electron chi connectivity index (χ1n) is 17.0. The maximum absolute atomic E-state index is 11.5. The molecule has 1 amide bonds. The predicted molar refractivity (Wildman–Crippen MR) is 205 cm³/mol. The number of amides is 1. The van der Waals surface area contributed by atoms with Crippen LogP contribution in [0.3, 0.4) is 0 Å². The lowest BCUT2D eigenvalue weighted by atomic mass is 10.0. The number of aliphatic carboxylic acids is 2. The number of H-pyrrole nitrogens is 2. The van der Waals surface area contributed by atoms with Crippen LogP contribution in [0.2, 0.25) is 0 Å². The van der Waals surface area contributed by atoms with Crippen LogP contribution in [0.25, 0.3) is 50.4 Å². The van der Waals surface area contributed by atoms with E-state index < -0.39 is 11.9 Å². The van der Waals surface area contributed by atoms with Crippen LogP contribution in [-0.2, 0) is 20.8 Å². The molecule has 11 nitrogen and oxygen atoms in total. The Labute approximate surface area is 298 Å². The summed E-state index contributed by atoms with van der Waals surface area (Å²) < 4.78 is 0. The third-order valence-electron chi connectivity index (χ3n) is 9.31. The molecule has 0 unspecified atom stereocenters. The SMILES string of the molecule is C=CC1=C(C)c2cc3[nH]c(cc4nc(cc5[nH]c(cc1n2)c(C)c5CCC(=O)O)C(CCC(=O)O)=C4C)c(C)c3C=C.CCCN(C=O)N(C)C. The highest BCUT2D eigenvalue weighted by Crippen LogP contribution is 2.36. The molecule has 0 atom stereocenters. The van der Waals surface area contributed by atoms with E-state index in [0.717, 1.165) is 103 Å². The quantitative estimate of drug-likeness (QED) is 0.111. The van der Waals surface area contributed by atoms with Crippen LogP contribution in [0, 0.1) is 13.8 Å². The molecule has 2 aliphatic heterocycles. The first-order valence-corrected chi connectivity index (χ1v) is 17.0. The van der Waals surface area contributed by atoms with Gasteiger partial charge in [0.2, 0.25) is 6.41 Å². The van der Waals surface area contributed by atoms with Crippen LogP contribution in [-0.4, -0.2) is 79.2 Å². The molecular formula is C40H48N6O5. The number of carboxylic acid groups (broad SMARTS) is 2. The predicted octanol–water partition coefficient (Wildman–Crippen LogP) is 7.84. The van der Waals surface area contributed by atoms with E-state index in [1.165, 1.54) is 0 Å². The van der Waals surface area contributed by atoms with Crippen LogP contribution in [0.1, 0.15) is 91.5 Å². The van der Waals surface area contributed by atoms with Gasteiger partial charge in [-0.2, -0.15) is 0 Å². The van der Waals surface area contributed by atoms with Crippen LogP contribution < -0.4 is 0 Å². The number of hydrogen-bond donors (Lipinski definition) is 4. The van der Waals surface area contributed by atoms with Crippen molar-refractivity contribution in [2.75, 3.05) is 20.6 Å². The smallest absolute Gasteiger partial charge is 0.303 e. The zero-order valence-electron chi connectivity index (χ0n) is 30.6. The Kier molecular flexibility index (Phi) is 12.3. The summed E-state index contributed by atoms with van der Waals surface area (Å²) in [6, 6.07) is 7.88. The maximum Gasteiger partial charge on any atom is 0.303 e. The van der Waals surface area contributed by atoms with E-state index in [9.17, 15) is 24.6 Å². The third kappa shape index (κ3) is 8.43. The first kappa shape index (κ1) is 38.3. The van der Waals surface area contributed by atoms with E-state index in [1.54, 1.807) is 16.1 Å². The molecule has 0 aliphatic carbocycles. The Morgan fingerprint density at radius 3 is 1.88 bits per heavy atom. The van der Waals surface area contributed by atoms with Crippen molar-refractivity contribution < 1.29 is 24.6 Å². The fraction of sp³-hybridized carbons (Fsp3) is 0.325. The van der Waals surface area contributed by atoms with Crippen molar-refractivity contribution in [1.29, 1.82) is 0 Å². The Hall–Kier alpha value is -5.55. The second-order valence-electron chi connectivity index (χ2n) is 12.8. The van der Waals surface area contributed by atoms with Crippen molar-refractivity contribution in [2.45, 2.75) is 66.7 Å². The highest BCUT2D eigenvalue weighted by molar-refractivity contribution is 5.98. The van der Waals surface area contributed by atoms with Crippen molar-refractivity contribution in [3.8, 4) is 0 Å². The minimum absolute atomic E-state index is 0.0259. The molecule has 0 aromatic carbocycles. The van der Waals surface area contributed by atoms with E-state index in [0.29, 0.717) is 18.5 Å². The lowest BCUT2D eigenvalue weighted by Gasteiger charge is -2.23. The number of carbonyl (C=O) groups excluding carboxylic acids is 1. The van der Waals surface area contributed by atoms with Gasteiger partial charge in [0.05, 0.1) is 22.8 Å². The van der Waals surface area contributed by atoms with Crippen LogP contribution in [0.4, 0.5) is 0 Å². The average molecular weight is 693 g/mol. The highest BCUT2D eigenvalue weighted by atomic mass is 16.4. The fourth-order valence-corrected chi connectivity index (χ4v) is 6.35. The first-order chi connectivity index (χ1) is 24.2. The van der Waals surface area contributed by atoms with E-state index in [-0.39, 0.29) is 12.8 Å². The van der Waals surface area contributed by atoms with Gasteiger partial charge in [0.25, 0.3) is 0 Å². The Morgan fingerprint density at radius 2 is 1.31 bits per heavy atom. The summed E-state index contributed by atoms with van der Waals surface area (Å²) >= 11 is 0. The number of fused-ring (bicyclic) bond motifs is 8. The Balaban J connectivity index is 0.000000573. The normalized spacial score (nSPS) is 12.5. The molecule has 3 aromatic heterocycles. The number of rotatable bonds is 12. The van der Waals surface area contributed by atoms with Crippen LogP contribution >= 0.6 is 0 Å². The van der Waals surface area contributed by atoms with Crippen LogP contribution in [0.15, 0.2) is 43.5 Å². The molecule has 4 N–H and O–H groups in total. The summed E-state index contributed by atoms with van der Waals surface area (Å²) in [5.74, 6) is -1.76. The topological polar surface area (TPSA) is 156 Å². The number of allylic oxidation sites excluding steroid dienone is 5. The van der Waals surface area contributed by atoms with E-state index in [4.69, 9.17) is 9.97 Å². The van der Waals surface area contributed by atoms with Gasteiger partial charge in [-0.3, -0.25) is 19.4 Å². The summed E-state index contributed by atoms with van der Waals surface area (Å²) in [6.07, 6.45) is 6.05. The lowest BCUT2D eigenvalue weighted by Crippen LogP contribution is -2.36. The van der Waals surface area contributed by atoms with Gasteiger partial charge in [-0.25, -0.2) is 15.0 Å². The van der Waals surface area contributed by atoms with E-state index in [1.807, 2.05) is 79.1 Å². The zero-order chi connectivity index (χ0) is 37.6. The molecular weight excluding hydrogens is 644 g/mol. The molecule has 0 saturated heterocycles. The van der Waals surface area contributed by atoms with Gasteiger partial charge in [0.15, 0.2) is 0 Å². The van der Waals surface area contributed by atoms with Gasteiger partial charge < -0.3 is 20.2 Å². The zero-order valence-corrected chi connectivity index (χ0v) is 30.6. The van der Waals surface area contributed by atoms with Gasteiger partial charge >= 0.3 is 11.9 Å². The molecule has 0 saturated carbocycles. The second-order valence-corrected chi connectivity index (χ2v) is 12.8. The Bertz CT molecular complexity index is 2110. The van der Waals surface area contributed by atoms with Crippen molar-refractivity contribution in [1.82, 2.24) is 30.0 Å². The van der Waals surface area contributed by atoms with Crippen LogP contribution in [0.5, 0.6) is 0 Å². The third-order valence-corrected chi connectivity index (χ3v) is 9.31. The standard InChI is InChI=1S/C34H34N4O4.C6H14N2O/c1-7-21-17(3)25-13-26-19(5)23(9-11-33(39)40)31(37-26)16-32-24(10-12-34(41)42)20(6)28(38-32)15-30-22(8-2)18(4)27(36-30)14-29(21)35-25;1-4-5-8(6-9)7(2)3/h7-8,13-16,35,38H,1-2,9-12H2,3-6H3,(H,39,40)(H,41,42);6H,4-5H2,1-3H3. The minimum Gasteiger partial charge on any atom is -0.481 e. The van der Waals surface area contributed by atoms with Crippen molar-refractivity contribution >= 4 is 68.8 Å². The molecule has 0 fully saturated rings. The molecule has 5 heterocycles. The molecule has 0 spiro atoms. The highest BCUT2D eigenvalue weighted by Gasteiger charge is 2.21. The number of hydrogen-bond acceptors (Lipinski definition) is 6. The second kappa shape index (κ2) is 16.4. The number of aromatic nitrogens is 4. The number of aryl methyl sites for hydroxylation is 3. The molecule has 0 radical (unpaired) electrons. The fourth-order valence-electron chi connectivity index (χ4n) is 6.35. The summed E-state index contributed by atoms with van der Waals surface area (Å²) in [6.45, 7) is 18.9. The van der Waals surface area contributed by atoms with Gasteiger partial charge in [0, 0.05) is 66.7 Å². The monoisotopic (exact) mass is 692 g/mol. The summed E-state index contributed by atoms with van der Waals surface area (Å²) in [5.41, 5.74) is 13.7. The van der Waals surface area contributed by atoms with Crippen molar-refractivity contribution in [3.63, 3.8) is 0 Å². The maximum atomic E-state index is 11.5. The number of carboxylic acids is 2. The van der Waals surface area contributed by atoms with Crippen molar-refractivity contribution in [3.05, 3.63) is 88.5 Å². The minimum atomic E-state index is -0.883. The number of nitrogens with one attached hydrogen (secondary N) is 2. The number of carbonyl (C=O) groups is 3. The molecule has 5 rings (SSSR count). The van der Waals surface area contributed by atoms with Gasteiger partial charge in [-0.15, -0.1) is 0 Å². The van der Waals surface area contributed by atoms with E-state index >= 15 is 0 Å². The number of hydrazine groups is 1. The molecule has 11 heteroatoms. The number of aromatic amines is 2. The van der Waals surface area contributed by atoms with E-state index in [2.05, 4.69) is 23.1 Å². The molecule has 3 aromatic rings. The molecule has 2 aliphatic rings. The number of nitrogens with zero attached hydrogens (tertiary/aromatic N) is 4. The van der Waals surface area contributed by atoms with Gasteiger partial charge in [-0.1, -0.05) is 32.2 Å². The molecule has 8 bridgehead atoms. The Morgan fingerprint density at radius 1 is 0.765 bits per heavy atom. The summed E-state index contributed by atoms with van der Waals surface area (Å²) in [7, 11) is 3.70. The largest absolute Gasteiger partial charge is 0.481 e. The van der Waals surface area contributed by atoms with Gasteiger partial charge in [-0.05, 0) is 105 Å². The molecule has 268 valence electrons. The summed E-state index contributed by atoms with van der Waals surface area (Å²) in [5, 5.41) is 22.3. The van der Waals surface area contributed by atoms with Gasteiger partial charge in [0.1, 0.15) is 0 Å². The summed E-state index contributed by atoms with van der Waals surface area (Å²) in [4.78, 5) is 50.2. The van der Waals surface area contributed by atoms with Crippen molar-refractivity contribution in [2.24, 2.45) is 0 Å². The average Bonchev–Trinajstić information content (AvgIpc) is 3.74.